The monoisotopic (exact) mass is 335 g/mol. The highest BCUT2D eigenvalue weighted by molar-refractivity contribution is 5.92. The van der Waals surface area contributed by atoms with E-state index >= 15 is 0 Å². The van der Waals surface area contributed by atoms with Crippen molar-refractivity contribution >= 4 is 22.7 Å². The first-order chi connectivity index (χ1) is 12.2. The number of aliphatic imine (C=N–C) groups is 1. The van der Waals surface area contributed by atoms with Gasteiger partial charge in [0.15, 0.2) is 5.96 Å². The fourth-order valence-electron chi connectivity index (χ4n) is 2.96. The van der Waals surface area contributed by atoms with E-state index in [0.717, 1.165) is 36.4 Å². The molecule has 0 atom stereocenters. The third kappa shape index (κ3) is 4.18. The van der Waals surface area contributed by atoms with Crippen molar-refractivity contribution in [1.82, 2.24) is 9.55 Å². The Hall–Kier alpha value is -2.82. The van der Waals surface area contributed by atoms with Crippen molar-refractivity contribution in [2.24, 2.45) is 10.7 Å². The van der Waals surface area contributed by atoms with Gasteiger partial charge in [-0.15, -0.1) is 0 Å². The van der Waals surface area contributed by atoms with Crippen molar-refractivity contribution in [2.75, 3.05) is 11.9 Å². The Morgan fingerprint density at radius 1 is 1.20 bits per heavy atom. The van der Waals surface area contributed by atoms with Crippen LogP contribution in [0.15, 0.2) is 53.5 Å². The molecule has 0 aliphatic carbocycles. The van der Waals surface area contributed by atoms with Crippen molar-refractivity contribution < 1.29 is 0 Å². The highest BCUT2D eigenvalue weighted by Gasteiger charge is 2.05. The molecule has 3 N–H and O–H groups in total. The van der Waals surface area contributed by atoms with Crippen LogP contribution in [0.1, 0.15) is 24.7 Å². The van der Waals surface area contributed by atoms with Gasteiger partial charge in [-0.05, 0) is 49.6 Å². The van der Waals surface area contributed by atoms with Crippen molar-refractivity contribution in [2.45, 2.75) is 33.2 Å². The average molecular weight is 335 g/mol. The van der Waals surface area contributed by atoms with Crippen LogP contribution in [0.25, 0.3) is 11.0 Å². The molecule has 25 heavy (non-hydrogen) atoms. The number of nitrogens with zero attached hydrogens (tertiary/aromatic N) is 3. The molecule has 1 heterocycles. The van der Waals surface area contributed by atoms with Crippen molar-refractivity contribution in [1.29, 1.82) is 0 Å². The third-order valence-electron chi connectivity index (χ3n) is 4.28. The van der Waals surface area contributed by atoms with Gasteiger partial charge in [-0.1, -0.05) is 31.2 Å². The molecule has 130 valence electrons. The van der Waals surface area contributed by atoms with Gasteiger partial charge in [0.1, 0.15) is 5.82 Å². The van der Waals surface area contributed by atoms with Gasteiger partial charge in [0.2, 0.25) is 0 Å². The minimum atomic E-state index is 0.459. The SMILES string of the molecule is CCc1cccc(NC(N)=NCCCn2c(C)nc3ccccc32)c1. The summed E-state index contributed by atoms with van der Waals surface area (Å²) in [7, 11) is 0. The van der Waals surface area contributed by atoms with Gasteiger partial charge in [-0.2, -0.15) is 0 Å². The lowest BCUT2D eigenvalue weighted by atomic mass is 10.1. The number of benzene rings is 2. The van der Waals surface area contributed by atoms with Crippen LogP contribution in [0.4, 0.5) is 5.69 Å². The standard InChI is InChI=1S/C20H25N5/c1-3-16-8-6-9-17(14-16)24-20(21)22-12-7-13-25-15(2)23-18-10-4-5-11-19(18)25/h4-6,8-11,14H,3,7,12-13H2,1-2H3,(H3,21,22,24). The number of para-hydroxylation sites is 2. The predicted molar refractivity (Wildman–Crippen MR) is 105 cm³/mol. The number of nitrogens with two attached hydrogens (primary N) is 1. The number of anilines is 1. The Labute approximate surface area is 148 Å². The zero-order valence-electron chi connectivity index (χ0n) is 14.9. The molecular formula is C20H25N5. The molecular weight excluding hydrogens is 310 g/mol. The van der Waals surface area contributed by atoms with Crippen LogP contribution in [-0.4, -0.2) is 22.1 Å². The number of hydrogen-bond acceptors (Lipinski definition) is 2. The van der Waals surface area contributed by atoms with Gasteiger partial charge < -0.3 is 15.6 Å². The molecule has 0 spiro atoms. The number of nitrogens with one attached hydrogen (secondary N) is 1. The maximum Gasteiger partial charge on any atom is 0.193 e. The highest BCUT2D eigenvalue weighted by Crippen LogP contribution is 2.15. The van der Waals surface area contributed by atoms with E-state index in [9.17, 15) is 0 Å². The smallest absolute Gasteiger partial charge is 0.193 e. The first-order valence-corrected chi connectivity index (χ1v) is 8.75. The minimum Gasteiger partial charge on any atom is -0.370 e. The molecule has 0 aliphatic heterocycles. The minimum absolute atomic E-state index is 0.459. The van der Waals surface area contributed by atoms with Gasteiger partial charge in [0, 0.05) is 18.8 Å². The highest BCUT2D eigenvalue weighted by atomic mass is 15.1. The van der Waals surface area contributed by atoms with Gasteiger partial charge >= 0.3 is 0 Å². The summed E-state index contributed by atoms with van der Waals surface area (Å²) in [5.74, 6) is 1.49. The summed E-state index contributed by atoms with van der Waals surface area (Å²) < 4.78 is 2.24. The molecule has 0 aliphatic rings. The Kier molecular flexibility index (Phi) is 5.33. The summed E-state index contributed by atoms with van der Waals surface area (Å²) >= 11 is 0. The molecule has 5 nitrogen and oxygen atoms in total. The molecule has 0 amide bonds. The van der Waals surface area contributed by atoms with Gasteiger partial charge in [-0.3, -0.25) is 4.99 Å². The maximum absolute atomic E-state index is 6.00. The summed E-state index contributed by atoms with van der Waals surface area (Å²) in [6, 6.07) is 16.5. The summed E-state index contributed by atoms with van der Waals surface area (Å²) in [6.07, 6.45) is 1.92. The van der Waals surface area contributed by atoms with E-state index in [0.29, 0.717) is 12.5 Å². The molecule has 1 aromatic heterocycles. The first-order valence-electron chi connectivity index (χ1n) is 8.75. The molecule has 0 bridgehead atoms. The summed E-state index contributed by atoms with van der Waals surface area (Å²) in [5.41, 5.74) is 10.5. The van der Waals surface area contributed by atoms with Gasteiger partial charge in [0.25, 0.3) is 0 Å². The quantitative estimate of drug-likeness (QED) is 0.410. The largest absolute Gasteiger partial charge is 0.370 e. The van der Waals surface area contributed by atoms with Crippen LogP contribution in [0, 0.1) is 6.92 Å². The van der Waals surface area contributed by atoms with Crippen LogP contribution < -0.4 is 11.1 Å². The van der Waals surface area contributed by atoms with Gasteiger partial charge in [-0.25, -0.2) is 4.98 Å². The molecule has 3 rings (SSSR count). The number of guanidine groups is 1. The Balaban J connectivity index is 1.56. The average Bonchev–Trinajstić information content (AvgIpc) is 2.94. The van der Waals surface area contributed by atoms with Gasteiger partial charge in [0.05, 0.1) is 11.0 Å². The van der Waals surface area contributed by atoms with Crippen LogP contribution in [-0.2, 0) is 13.0 Å². The lowest BCUT2D eigenvalue weighted by Crippen LogP contribution is -2.23. The van der Waals surface area contributed by atoms with Crippen molar-refractivity contribution in [3.05, 3.63) is 59.9 Å². The van der Waals surface area contributed by atoms with Crippen molar-refractivity contribution in [3.8, 4) is 0 Å². The summed E-state index contributed by atoms with van der Waals surface area (Å²) in [5, 5.41) is 3.16. The van der Waals surface area contributed by atoms with E-state index in [4.69, 9.17) is 5.73 Å². The fourth-order valence-corrected chi connectivity index (χ4v) is 2.96. The second-order valence-electron chi connectivity index (χ2n) is 6.10. The Bertz CT molecular complexity index is 879. The number of hydrogen-bond donors (Lipinski definition) is 2. The number of aromatic nitrogens is 2. The molecule has 0 saturated carbocycles. The number of aryl methyl sites for hydroxylation is 3. The van der Waals surface area contributed by atoms with E-state index in [1.807, 2.05) is 37.3 Å². The molecule has 0 saturated heterocycles. The molecule has 5 heteroatoms. The van der Waals surface area contributed by atoms with Crippen LogP contribution in [0.2, 0.25) is 0 Å². The molecule has 0 fully saturated rings. The molecule has 0 radical (unpaired) electrons. The summed E-state index contributed by atoms with van der Waals surface area (Å²) in [4.78, 5) is 9.02. The molecule has 2 aromatic carbocycles. The van der Waals surface area contributed by atoms with E-state index in [1.165, 1.54) is 11.1 Å². The van der Waals surface area contributed by atoms with E-state index in [1.54, 1.807) is 0 Å². The lowest BCUT2D eigenvalue weighted by molar-refractivity contribution is 0.649. The Morgan fingerprint density at radius 3 is 2.88 bits per heavy atom. The van der Waals surface area contributed by atoms with Crippen LogP contribution in [0.3, 0.4) is 0 Å². The van der Waals surface area contributed by atoms with E-state index in [-0.39, 0.29) is 0 Å². The first kappa shape index (κ1) is 17.0. The molecule has 0 unspecified atom stereocenters. The second-order valence-corrected chi connectivity index (χ2v) is 6.10. The fraction of sp³-hybridized carbons (Fsp3) is 0.300. The normalized spacial score (nSPS) is 11.8. The third-order valence-corrected chi connectivity index (χ3v) is 4.28. The van der Waals surface area contributed by atoms with Crippen molar-refractivity contribution in [3.63, 3.8) is 0 Å². The van der Waals surface area contributed by atoms with Crippen LogP contribution >= 0.6 is 0 Å². The lowest BCUT2D eigenvalue weighted by Gasteiger charge is -2.08. The number of rotatable bonds is 6. The number of fused-ring (bicyclic) bond motifs is 1. The topological polar surface area (TPSA) is 68.2 Å². The zero-order chi connectivity index (χ0) is 17.6. The van der Waals surface area contributed by atoms with E-state index in [2.05, 4.69) is 45.0 Å². The van der Waals surface area contributed by atoms with Crippen LogP contribution in [0.5, 0.6) is 0 Å². The summed E-state index contributed by atoms with van der Waals surface area (Å²) in [6.45, 7) is 5.74. The predicted octanol–water partition coefficient (Wildman–Crippen LogP) is 3.72. The zero-order valence-corrected chi connectivity index (χ0v) is 14.9. The molecule has 3 aromatic rings. The maximum atomic E-state index is 6.00. The second kappa shape index (κ2) is 7.83. The van der Waals surface area contributed by atoms with E-state index < -0.39 is 0 Å². The number of imidazole rings is 1. The Morgan fingerprint density at radius 2 is 2.04 bits per heavy atom.